The molecule has 1 heterocycles. The highest BCUT2D eigenvalue weighted by Crippen LogP contribution is 2.19. The second kappa shape index (κ2) is 12.5. The lowest BCUT2D eigenvalue weighted by atomic mass is 10.0. The first-order valence-electron chi connectivity index (χ1n) is 9.98. The molecule has 2 aromatic rings. The smallest absolute Gasteiger partial charge is 0.327 e. The van der Waals surface area contributed by atoms with Crippen molar-refractivity contribution in [2.75, 3.05) is 18.1 Å². The normalized spacial score (nSPS) is 14.7. The van der Waals surface area contributed by atoms with E-state index in [0.29, 0.717) is 5.56 Å². The Kier molecular flexibility index (Phi) is 10.0. The Hall–Kier alpha value is -2.74. The summed E-state index contributed by atoms with van der Waals surface area (Å²) in [4.78, 5) is 52.0. The molecule has 1 aromatic heterocycles. The minimum absolute atomic E-state index is 0.0166. The summed E-state index contributed by atoms with van der Waals surface area (Å²) in [5.74, 6) is -3.71. The maximum Gasteiger partial charge on any atom is 0.327 e. The van der Waals surface area contributed by atoms with Gasteiger partial charge in [0, 0.05) is 35.0 Å². The van der Waals surface area contributed by atoms with Crippen molar-refractivity contribution in [1.29, 1.82) is 0 Å². The number of nitrogens with one attached hydrogen (secondary N) is 4. The van der Waals surface area contributed by atoms with Crippen LogP contribution in [0.4, 0.5) is 0 Å². The molecule has 2 rings (SSSR count). The Labute approximate surface area is 200 Å². The number of fused-ring (bicyclic) bond motifs is 1. The minimum Gasteiger partial charge on any atom is -0.480 e. The van der Waals surface area contributed by atoms with E-state index in [-0.39, 0.29) is 17.9 Å². The van der Waals surface area contributed by atoms with Gasteiger partial charge in [-0.1, -0.05) is 18.2 Å². The van der Waals surface area contributed by atoms with E-state index in [0.717, 1.165) is 10.9 Å². The number of rotatable bonds is 12. The van der Waals surface area contributed by atoms with Crippen LogP contribution in [0.3, 0.4) is 0 Å². The van der Waals surface area contributed by atoms with Crippen LogP contribution in [-0.4, -0.2) is 81.2 Å². The average molecular weight is 498 g/mol. The molecule has 4 unspecified atom stereocenters. The third kappa shape index (κ3) is 7.12. The summed E-state index contributed by atoms with van der Waals surface area (Å²) in [7, 11) is 0. The molecule has 4 atom stereocenters. The van der Waals surface area contributed by atoms with Crippen molar-refractivity contribution < 1.29 is 29.4 Å². The molecule has 8 N–H and O–H groups in total. The van der Waals surface area contributed by atoms with E-state index in [1.807, 2.05) is 24.3 Å². The molecule has 13 heteroatoms. The topological polar surface area (TPSA) is 187 Å². The van der Waals surface area contributed by atoms with Crippen molar-refractivity contribution in [3.8, 4) is 0 Å². The number of carboxylic acid groups (broad SMARTS) is 1. The quantitative estimate of drug-likeness (QED) is 0.158. The van der Waals surface area contributed by atoms with Crippen LogP contribution in [0.2, 0.25) is 0 Å². The van der Waals surface area contributed by atoms with E-state index in [4.69, 9.17) is 5.73 Å². The van der Waals surface area contributed by atoms with Gasteiger partial charge in [-0.2, -0.15) is 25.3 Å². The van der Waals surface area contributed by atoms with Gasteiger partial charge in [-0.05, 0) is 11.6 Å². The van der Waals surface area contributed by atoms with Gasteiger partial charge in [0.25, 0.3) is 0 Å². The number of aromatic nitrogens is 1. The van der Waals surface area contributed by atoms with Crippen LogP contribution >= 0.6 is 25.3 Å². The SMILES string of the molecule is NC(CS)C(=O)NC(CO)C(=O)NC(Cc1c[nH]c2ccccc12)C(=O)NC(CS)C(=O)O. The van der Waals surface area contributed by atoms with Crippen molar-refractivity contribution >= 4 is 59.9 Å². The van der Waals surface area contributed by atoms with Crippen molar-refractivity contribution in [2.24, 2.45) is 5.73 Å². The van der Waals surface area contributed by atoms with Crippen molar-refractivity contribution in [3.05, 3.63) is 36.0 Å². The van der Waals surface area contributed by atoms with Crippen LogP contribution in [0, 0.1) is 0 Å². The van der Waals surface area contributed by atoms with Gasteiger partial charge in [0.2, 0.25) is 17.7 Å². The number of aromatic amines is 1. The molecular weight excluding hydrogens is 470 g/mol. The third-order valence-corrected chi connectivity index (χ3v) is 5.64. The van der Waals surface area contributed by atoms with Gasteiger partial charge in [-0.25, -0.2) is 4.79 Å². The van der Waals surface area contributed by atoms with E-state index >= 15 is 0 Å². The molecule has 0 aliphatic heterocycles. The molecule has 1 aromatic carbocycles. The van der Waals surface area contributed by atoms with Crippen LogP contribution < -0.4 is 21.7 Å². The fourth-order valence-corrected chi connectivity index (χ4v) is 3.43. The number of nitrogens with two attached hydrogens (primary N) is 1. The van der Waals surface area contributed by atoms with Gasteiger partial charge in [0.05, 0.1) is 12.6 Å². The lowest BCUT2D eigenvalue weighted by Gasteiger charge is -2.24. The highest BCUT2D eigenvalue weighted by atomic mass is 32.1. The number of benzene rings is 1. The molecule has 0 fully saturated rings. The number of H-pyrrole nitrogens is 1. The summed E-state index contributed by atoms with van der Waals surface area (Å²) < 4.78 is 0. The number of aliphatic hydroxyl groups excluding tert-OH is 1. The number of carbonyl (C=O) groups excluding carboxylic acids is 3. The van der Waals surface area contributed by atoms with E-state index in [1.165, 1.54) is 0 Å². The number of aliphatic hydroxyl groups is 1. The number of para-hydroxylation sites is 1. The van der Waals surface area contributed by atoms with Crippen molar-refractivity contribution in [1.82, 2.24) is 20.9 Å². The monoisotopic (exact) mass is 497 g/mol. The molecule has 11 nitrogen and oxygen atoms in total. The lowest BCUT2D eigenvalue weighted by molar-refractivity contribution is -0.141. The van der Waals surface area contributed by atoms with Crippen LogP contribution in [0.5, 0.6) is 0 Å². The van der Waals surface area contributed by atoms with Gasteiger partial charge < -0.3 is 36.9 Å². The standard InChI is InChI=1S/C20H27N5O6S2/c21-12(8-32)17(27)24-15(7-26)19(29)23-14(18(28)25-16(9-33)20(30)31)5-10-6-22-13-4-2-1-3-11(10)13/h1-4,6,12,14-16,22,26,32-33H,5,7-9,21H2,(H,23,29)(H,24,27)(H,25,28)(H,30,31). The second-order valence-electron chi connectivity index (χ2n) is 7.24. The molecule has 0 aliphatic carbocycles. The van der Waals surface area contributed by atoms with Crippen molar-refractivity contribution in [2.45, 2.75) is 30.6 Å². The third-order valence-electron chi connectivity index (χ3n) is 4.88. The van der Waals surface area contributed by atoms with Gasteiger partial charge >= 0.3 is 5.97 Å². The zero-order chi connectivity index (χ0) is 24.5. The Balaban J connectivity index is 2.25. The summed E-state index contributed by atoms with van der Waals surface area (Å²) >= 11 is 7.85. The minimum atomic E-state index is -1.37. The summed E-state index contributed by atoms with van der Waals surface area (Å²) in [6.07, 6.45) is 1.70. The number of hydrogen-bond acceptors (Lipinski definition) is 8. The van der Waals surface area contributed by atoms with Gasteiger partial charge in [0.15, 0.2) is 0 Å². The highest BCUT2D eigenvalue weighted by Gasteiger charge is 2.30. The van der Waals surface area contributed by atoms with E-state index in [9.17, 15) is 29.4 Å². The molecule has 3 amide bonds. The van der Waals surface area contributed by atoms with Crippen LogP contribution in [0.1, 0.15) is 5.56 Å². The maximum atomic E-state index is 12.9. The Morgan fingerprint density at radius 3 is 2.15 bits per heavy atom. The molecule has 180 valence electrons. The number of amides is 3. The number of hydrogen-bond donors (Lipinski definition) is 9. The number of aliphatic carboxylic acids is 1. The Bertz CT molecular complexity index is 1000. The fraction of sp³-hybridized carbons (Fsp3) is 0.400. The largest absolute Gasteiger partial charge is 0.480 e. The predicted molar refractivity (Wildman–Crippen MR) is 128 cm³/mol. The van der Waals surface area contributed by atoms with Crippen molar-refractivity contribution in [3.63, 3.8) is 0 Å². The predicted octanol–water partition coefficient (Wildman–Crippen LogP) is -1.57. The van der Waals surface area contributed by atoms with Crippen LogP contribution in [-0.2, 0) is 25.6 Å². The summed E-state index contributed by atoms with van der Waals surface area (Å²) in [6, 6.07) is 2.48. The number of thiol groups is 2. The van der Waals surface area contributed by atoms with Gasteiger partial charge in [-0.3, -0.25) is 14.4 Å². The van der Waals surface area contributed by atoms with Crippen LogP contribution in [0.25, 0.3) is 10.9 Å². The first-order valence-corrected chi connectivity index (χ1v) is 11.2. The summed E-state index contributed by atoms with van der Waals surface area (Å²) in [5, 5.41) is 26.7. The molecule has 0 aliphatic rings. The first-order chi connectivity index (χ1) is 15.7. The van der Waals surface area contributed by atoms with E-state index < -0.39 is 54.5 Å². The van der Waals surface area contributed by atoms with E-state index in [2.05, 4.69) is 46.2 Å². The Morgan fingerprint density at radius 2 is 1.55 bits per heavy atom. The number of carbonyl (C=O) groups is 4. The maximum absolute atomic E-state index is 12.9. The molecule has 0 bridgehead atoms. The summed E-state index contributed by atoms with van der Waals surface area (Å²) in [6.45, 7) is -0.743. The fourth-order valence-electron chi connectivity index (χ4n) is 3.02. The van der Waals surface area contributed by atoms with Gasteiger partial charge in [0.1, 0.15) is 18.1 Å². The molecule has 0 spiro atoms. The zero-order valence-electron chi connectivity index (χ0n) is 17.5. The van der Waals surface area contributed by atoms with Gasteiger partial charge in [-0.15, -0.1) is 0 Å². The number of carboxylic acids is 1. The molecule has 0 radical (unpaired) electrons. The molecule has 0 saturated carbocycles. The lowest BCUT2D eigenvalue weighted by Crippen LogP contribution is -2.58. The average Bonchev–Trinajstić information content (AvgIpc) is 3.22. The molecule has 33 heavy (non-hydrogen) atoms. The Morgan fingerprint density at radius 1 is 0.939 bits per heavy atom. The summed E-state index contributed by atoms with van der Waals surface area (Å²) in [5.41, 5.74) is 7.10. The highest BCUT2D eigenvalue weighted by molar-refractivity contribution is 7.80. The second-order valence-corrected chi connectivity index (χ2v) is 7.97. The van der Waals surface area contributed by atoms with Crippen LogP contribution in [0.15, 0.2) is 30.5 Å². The molecule has 0 saturated heterocycles. The van der Waals surface area contributed by atoms with E-state index in [1.54, 1.807) is 6.20 Å². The first kappa shape index (κ1) is 26.5. The molecular formula is C20H27N5O6S2. The zero-order valence-corrected chi connectivity index (χ0v) is 19.3.